The summed E-state index contributed by atoms with van der Waals surface area (Å²) in [7, 11) is 0. The molecule has 1 aromatic carbocycles. The fraction of sp³-hybridized carbons (Fsp3) is 0. The van der Waals surface area contributed by atoms with Crippen molar-refractivity contribution in [2.75, 3.05) is 0 Å². The zero-order chi connectivity index (χ0) is 10.7. The highest BCUT2D eigenvalue weighted by Gasteiger charge is 2.00. The second-order valence-corrected chi connectivity index (χ2v) is 3.12. The van der Waals surface area contributed by atoms with Crippen molar-refractivity contribution in [3.63, 3.8) is 0 Å². The van der Waals surface area contributed by atoms with Crippen molar-refractivity contribution in [3.05, 3.63) is 47.6 Å². The predicted octanol–water partition coefficient (Wildman–Crippen LogP) is 3.06. The van der Waals surface area contributed by atoms with Gasteiger partial charge in [0.05, 0.1) is 12.4 Å². The molecule has 1 aromatic heterocycles. The Morgan fingerprint density at radius 3 is 2.53 bits per heavy atom. The van der Waals surface area contributed by atoms with Crippen molar-refractivity contribution in [3.8, 4) is 11.6 Å². The van der Waals surface area contributed by atoms with Crippen LogP contribution < -0.4 is 4.74 Å². The molecule has 2 aromatic rings. The van der Waals surface area contributed by atoms with Gasteiger partial charge in [-0.15, -0.1) is 0 Å². The molecule has 0 aliphatic carbocycles. The first kappa shape index (κ1) is 9.86. The smallest absolute Gasteiger partial charge is 0.239 e. The normalized spacial score (nSPS) is 10.0. The number of halogens is 2. The third-order valence-electron chi connectivity index (χ3n) is 1.62. The molecule has 3 nitrogen and oxygen atoms in total. The Bertz CT molecular complexity index is 461. The Balaban J connectivity index is 2.18. The maximum atomic E-state index is 12.6. The van der Waals surface area contributed by atoms with Gasteiger partial charge in [-0.1, -0.05) is 11.6 Å². The van der Waals surface area contributed by atoms with Crippen LogP contribution in [0.3, 0.4) is 0 Å². The predicted molar refractivity (Wildman–Crippen MR) is 53.5 cm³/mol. The van der Waals surface area contributed by atoms with Gasteiger partial charge in [-0.2, -0.15) is 4.98 Å². The van der Waals surface area contributed by atoms with Gasteiger partial charge in [0, 0.05) is 0 Å². The van der Waals surface area contributed by atoms with Crippen LogP contribution >= 0.6 is 11.6 Å². The number of aromatic nitrogens is 2. The van der Waals surface area contributed by atoms with Crippen LogP contribution in [0.25, 0.3) is 0 Å². The quantitative estimate of drug-likeness (QED) is 0.786. The molecule has 0 fully saturated rings. The van der Waals surface area contributed by atoms with Crippen molar-refractivity contribution < 1.29 is 9.13 Å². The molecule has 0 unspecified atom stereocenters. The Hall–Kier alpha value is -1.68. The molecule has 0 amide bonds. The maximum Gasteiger partial charge on any atom is 0.239 e. The lowest BCUT2D eigenvalue weighted by atomic mass is 10.3. The fourth-order valence-electron chi connectivity index (χ4n) is 0.998. The van der Waals surface area contributed by atoms with E-state index in [9.17, 15) is 4.39 Å². The minimum absolute atomic E-state index is 0.245. The number of benzene rings is 1. The number of rotatable bonds is 2. The number of hydrogen-bond acceptors (Lipinski definition) is 3. The number of nitrogens with zero attached hydrogens (tertiary/aromatic N) is 2. The third-order valence-corrected chi connectivity index (χ3v) is 1.80. The van der Waals surface area contributed by atoms with Gasteiger partial charge in [0.15, 0.2) is 5.15 Å². The average Bonchev–Trinajstić information content (AvgIpc) is 2.22. The van der Waals surface area contributed by atoms with E-state index >= 15 is 0 Å². The lowest BCUT2D eigenvalue weighted by molar-refractivity contribution is 0.458. The van der Waals surface area contributed by atoms with Gasteiger partial charge in [-0.05, 0) is 24.3 Å². The van der Waals surface area contributed by atoms with Crippen molar-refractivity contribution in [2.45, 2.75) is 0 Å². The largest absolute Gasteiger partial charge is 0.437 e. The second-order valence-electron chi connectivity index (χ2n) is 2.74. The molecule has 0 bridgehead atoms. The standard InChI is InChI=1S/C10H6ClFN2O/c11-9-5-13-6-10(14-9)15-8-3-1-7(12)2-4-8/h1-6H. The highest BCUT2D eigenvalue weighted by Crippen LogP contribution is 2.19. The Morgan fingerprint density at radius 2 is 1.87 bits per heavy atom. The first-order valence-electron chi connectivity index (χ1n) is 4.15. The molecule has 5 heteroatoms. The lowest BCUT2D eigenvalue weighted by Crippen LogP contribution is -1.89. The van der Waals surface area contributed by atoms with Gasteiger partial charge in [0.2, 0.25) is 5.88 Å². The van der Waals surface area contributed by atoms with Gasteiger partial charge in [-0.25, -0.2) is 4.39 Å². The van der Waals surface area contributed by atoms with Gasteiger partial charge < -0.3 is 4.74 Å². The first-order valence-corrected chi connectivity index (χ1v) is 4.53. The maximum absolute atomic E-state index is 12.6. The van der Waals surface area contributed by atoms with E-state index in [2.05, 4.69) is 9.97 Å². The minimum atomic E-state index is -0.320. The Labute approximate surface area is 90.5 Å². The van der Waals surface area contributed by atoms with Crippen molar-refractivity contribution in [1.29, 1.82) is 0 Å². The lowest BCUT2D eigenvalue weighted by Gasteiger charge is -2.03. The summed E-state index contributed by atoms with van der Waals surface area (Å²) in [5.74, 6) is 0.432. The van der Waals surface area contributed by atoms with E-state index in [0.29, 0.717) is 5.75 Å². The molecule has 0 spiro atoms. The molecule has 15 heavy (non-hydrogen) atoms. The summed E-state index contributed by atoms with van der Waals surface area (Å²) in [5, 5.41) is 0.245. The molecular weight excluding hydrogens is 219 g/mol. The van der Waals surface area contributed by atoms with Gasteiger partial charge in [0.25, 0.3) is 0 Å². The van der Waals surface area contributed by atoms with Crippen molar-refractivity contribution in [1.82, 2.24) is 9.97 Å². The molecule has 0 radical (unpaired) electrons. The molecule has 0 saturated heterocycles. The Morgan fingerprint density at radius 1 is 1.13 bits per heavy atom. The van der Waals surface area contributed by atoms with E-state index in [4.69, 9.17) is 16.3 Å². The monoisotopic (exact) mass is 224 g/mol. The molecule has 0 aliphatic heterocycles. The topological polar surface area (TPSA) is 35.0 Å². The van der Waals surface area contributed by atoms with Gasteiger partial charge >= 0.3 is 0 Å². The van der Waals surface area contributed by atoms with Gasteiger partial charge in [0.1, 0.15) is 11.6 Å². The van der Waals surface area contributed by atoms with E-state index in [1.165, 1.54) is 36.7 Å². The number of hydrogen-bond donors (Lipinski definition) is 0. The zero-order valence-corrected chi connectivity index (χ0v) is 8.28. The van der Waals surface area contributed by atoms with Gasteiger partial charge in [-0.3, -0.25) is 4.98 Å². The van der Waals surface area contributed by atoms with Crippen molar-refractivity contribution in [2.24, 2.45) is 0 Å². The highest BCUT2D eigenvalue weighted by molar-refractivity contribution is 6.29. The van der Waals surface area contributed by atoms with Crippen molar-refractivity contribution >= 4 is 11.6 Å². The second kappa shape index (κ2) is 4.23. The summed E-state index contributed by atoms with van der Waals surface area (Å²) in [6, 6.07) is 5.59. The molecule has 76 valence electrons. The molecular formula is C10H6ClFN2O. The van der Waals surface area contributed by atoms with Crippen LogP contribution in [-0.4, -0.2) is 9.97 Å². The third kappa shape index (κ3) is 2.63. The molecule has 0 N–H and O–H groups in total. The minimum Gasteiger partial charge on any atom is -0.437 e. The van der Waals surface area contributed by atoms with E-state index < -0.39 is 0 Å². The summed E-state index contributed by atoms with van der Waals surface area (Å²) in [6.07, 6.45) is 2.83. The first-order chi connectivity index (χ1) is 7.24. The summed E-state index contributed by atoms with van der Waals surface area (Å²) in [4.78, 5) is 7.68. The van der Waals surface area contributed by atoms with Crippen LogP contribution in [-0.2, 0) is 0 Å². The van der Waals surface area contributed by atoms with Crippen LogP contribution in [0, 0.1) is 5.82 Å². The fourth-order valence-corrected chi connectivity index (χ4v) is 1.14. The van der Waals surface area contributed by atoms with Crippen LogP contribution in [0.2, 0.25) is 5.15 Å². The van der Waals surface area contributed by atoms with Crippen LogP contribution in [0.15, 0.2) is 36.7 Å². The molecule has 0 saturated carbocycles. The van der Waals surface area contributed by atoms with Crippen LogP contribution in [0.4, 0.5) is 4.39 Å². The highest BCUT2D eigenvalue weighted by atomic mass is 35.5. The average molecular weight is 225 g/mol. The van der Waals surface area contributed by atoms with E-state index in [1.807, 2.05) is 0 Å². The van der Waals surface area contributed by atoms with E-state index in [-0.39, 0.29) is 16.9 Å². The summed E-state index contributed by atoms with van der Waals surface area (Å²) >= 11 is 5.62. The summed E-state index contributed by atoms with van der Waals surface area (Å²) < 4.78 is 17.9. The molecule has 2 rings (SSSR count). The molecule has 1 heterocycles. The summed E-state index contributed by atoms with van der Waals surface area (Å²) in [5.41, 5.74) is 0. The summed E-state index contributed by atoms with van der Waals surface area (Å²) in [6.45, 7) is 0. The van der Waals surface area contributed by atoms with Crippen LogP contribution in [0.5, 0.6) is 11.6 Å². The zero-order valence-electron chi connectivity index (χ0n) is 7.52. The molecule has 0 aliphatic rings. The van der Waals surface area contributed by atoms with E-state index in [1.54, 1.807) is 0 Å². The SMILES string of the molecule is Fc1ccc(Oc2cncc(Cl)n2)cc1. The Kier molecular flexibility index (Phi) is 2.78. The molecule has 0 atom stereocenters. The van der Waals surface area contributed by atoms with Crippen LogP contribution in [0.1, 0.15) is 0 Å². The van der Waals surface area contributed by atoms with E-state index in [0.717, 1.165) is 0 Å². The number of ether oxygens (including phenoxy) is 1.